The van der Waals surface area contributed by atoms with Crippen molar-refractivity contribution in [2.24, 2.45) is 0 Å². The lowest BCUT2D eigenvalue weighted by Gasteiger charge is -2.00. The molecule has 12 heavy (non-hydrogen) atoms. The van der Waals surface area contributed by atoms with Gasteiger partial charge < -0.3 is 5.11 Å². The minimum absolute atomic E-state index is 0.745. The Morgan fingerprint density at radius 1 is 1.33 bits per heavy atom. The Kier molecular flexibility index (Phi) is 2.70. The van der Waals surface area contributed by atoms with Gasteiger partial charge in [0.15, 0.2) is 0 Å². The van der Waals surface area contributed by atoms with Crippen LogP contribution in [-0.2, 0) is 0 Å². The second-order valence-corrected chi connectivity index (χ2v) is 2.65. The summed E-state index contributed by atoms with van der Waals surface area (Å²) in [6, 6.07) is 7.92. The monoisotopic (exact) mass is 160 g/mol. The molecule has 1 aromatic carbocycles. The van der Waals surface area contributed by atoms with E-state index in [0.717, 1.165) is 17.4 Å². The Bertz CT molecular complexity index is 293. The van der Waals surface area contributed by atoms with Gasteiger partial charge in [-0.1, -0.05) is 42.5 Å². The summed E-state index contributed by atoms with van der Waals surface area (Å²) in [6.45, 7) is 5.63. The van der Waals surface area contributed by atoms with Gasteiger partial charge in [-0.05, 0) is 12.5 Å². The molecule has 0 unspecified atom stereocenters. The van der Waals surface area contributed by atoms with Crippen molar-refractivity contribution >= 4 is 5.57 Å². The maximum absolute atomic E-state index is 8.82. The van der Waals surface area contributed by atoms with Crippen LogP contribution in [0.3, 0.4) is 0 Å². The summed E-state index contributed by atoms with van der Waals surface area (Å²) in [5.41, 5.74) is 2.94. The van der Waals surface area contributed by atoms with E-state index in [0.29, 0.717) is 0 Å². The van der Waals surface area contributed by atoms with Gasteiger partial charge in [-0.2, -0.15) is 0 Å². The van der Waals surface area contributed by atoms with E-state index >= 15 is 0 Å². The molecule has 0 fully saturated rings. The van der Waals surface area contributed by atoms with Gasteiger partial charge in [-0.25, -0.2) is 0 Å². The standard InChI is InChI=1S/C11H12O/c1-3-10(8-12)11-6-4-9(2)5-7-11/h3-8,12H,1H2,2H3/b10-8+. The van der Waals surface area contributed by atoms with Gasteiger partial charge in [0.25, 0.3) is 0 Å². The van der Waals surface area contributed by atoms with Crippen LogP contribution in [0.25, 0.3) is 5.57 Å². The Balaban J connectivity index is 3.04. The smallest absolute Gasteiger partial charge is 0.0869 e. The van der Waals surface area contributed by atoms with Crippen LogP contribution in [0.5, 0.6) is 0 Å². The highest BCUT2D eigenvalue weighted by atomic mass is 16.2. The molecule has 1 aromatic rings. The second kappa shape index (κ2) is 3.77. The highest BCUT2D eigenvalue weighted by molar-refractivity contribution is 5.72. The molecule has 0 spiro atoms. The molecule has 1 rings (SSSR count). The molecule has 0 saturated heterocycles. The van der Waals surface area contributed by atoms with E-state index in [4.69, 9.17) is 5.11 Å². The predicted molar refractivity (Wildman–Crippen MR) is 52.0 cm³/mol. The van der Waals surface area contributed by atoms with Crippen LogP contribution in [0.15, 0.2) is 43.2 Å². The van der Waals surface area contributed by atoms with Crippen LogP contribution in [0.4, 0.5) is 0 Å². The van der Waals surface area contributed by atoms with Gasteiger partial charge in [-0.3, -0.25) is 0 Å². The summed E-state index contributed by atoms with van der Waals surface area (Å²) in [6.07, 6.45) is 2.70. The Morgan fingerprint density at radius 2 is 1.92 bits per heavy atom. The van der Waals surface area contributed by atoms with E-state index in [1.54, 1.807) is 6.08 Å². The van der Waals surface area contributed by atoms with Crippen LogP contribution < -0.4 is 0 Å². The number of rotatable bonds is 2. The third-order valence-electron chi connectivity index (χ3n) is 1.74. The highest BCUT2D eigenvalue weighted by Gasteiger charge is 1.95. The number of aliphatic hydroxyl groups is 1. The first-order valence-electron chi connectivity index (χ1n) is 3.82. The van der Waals surface area contributed by atoms with Gasteiger partial charge in [0.2, 0.25) is 0 Å². The van der Waals surface area contributed by atoms with Crippen LogP contribution in [0.2, 0.25) is 0 Å². The van der Waals surface area contributed by atoms with E-state index in [9.17, 15) is 0 Å². The van der Waals surface area contributed by atoms with Crippen molar-refractivity contribution in [2.45, 2.75) is 6.92 Å². The van der Waals surface area contributed by atoms with E-state index in [1.807, 2.05) is 31.2 Å². The third kappa shape index (κ3) is 1.76. The number of benzene rings is 1. The van der Waals surface area contributed by atoms with Crippen LogP contribution in [0, 0.1) is 6.92 Å². The lowest BCUT2D eigenvalue weighted by Crippen LogP contribution is -1.80. The minimum atomic E-state index is 0.745. The number of aliphatic hydroxyl groups excluding tert-OH is 1. The number of aryl methyl sites for hydroxylation is 1. The molecule has 0 aliphatic heterocycles. The molecule has 0 saturated carbocycles. The van der Waals surface area contributed by atoms with Crippen molar-refractivity contribution in [3.8, 4) is 0 Å². The summed E-state index contributed by atoms with van der Waals surface area (Å²) in [5, 5.41) is 8.82. The Labute approximate surface area is 72.7 Å². The van der Waals surface area contributed by atoms with Gasteiger partial charge in [0.05, 0.1) is 6.26 Å². The van der Waals surface area contributed by atoms with Crippen LogP contribution >= 0.6 is 0 Å². The molecular weight excluding hydrogens is 148 g/mol. The van der Waals surface area contributed by atoms with Gasteiger partial charge in [-0.15, -0.1) is 0 Å². The second-order valence-electron chi connectivity index (χ2n) is 2.65. The van der Waals surface area contributed by atoms with Crippen molar-refractivity contribution in [3.05, 3.63) is 54.3 Å². The molecule has 0 radical (unpaired) electrons. The fraction of sp³-hybridized carbons (Fsp3) is 0.0909. The largest absolute Gasteiger partial charge is 0.515 e. The normalized spacial score (nSPS) is 11.2. The van der Waals surface area contributed by atoms with Crippen LogP contribution in [-0.4, -0.2) is 5.11 Å². The quantitative estimate of drug-likeness (QED) is 0.520. The zero-order valence-electron chi connectivity index (χ0n) is 7.12. The summed E-state index contributed by atoms with van der Waals surface area (Å²) in [7, 11) is 0. The first kappa shape index (κ1) is 8.60. The van der Waals surface area contributed by atoms with Crippen molar-refractivity contribution < 1.29 is 5.11 Å². The maximum Gasteiger partial charge on any atom is 0.0869 e. The van der Waals surface area contributed by atoms with Crippen molar-refractivity contribution in [2.75, 3.05) is 0 Å². The number of hydrogen-bond donors (Lipinski definition) is 1. The first-order chi connectivity index (χ1) is 5.77. The molecule has 1 heteroatoms. The highest BCUT2D eigenvalue weighted by Crippen LogP contribution is 2.14. The lowest BCUT2D eigenvalue weighted by molar-refractivity contribution is 0.476. The molecule has 0 aliphatic rings. The fourth-order valence-corrected chi connectivity index (χ4v) is 0.991. The van der Waals surface area contributed by atoms with Gasteiger partial charge >= 0.3 is 0 Å². The van der Waals surface area contributed by atoms with E-state index < -0.39 is 0 Å². The molecule has 62 valence electrons. The predicted octanol–water partition coefficient (Wildman–Crippen LogP) is 3.08. The Morgan fingerprint density at radius 3 is 2.33 bits per heavy atom. The molecular formula is C11H12O. The summed E-state index contributed by atoms with van der Waals surface area (Å²) < 4.78 is 0. The van der Waals surface area contributed by atoms with E-state index in [1.165, 1.54) is 5.56 Å². The van der Waals surface area contributed by atoms with Crippen molar-refractivity contribution in [3.63, 3.8) is 0 Å². The van der Waals surface area contributed by atoms with Crippen LogP contribution in [0.1, 0.15) is 11.1 Å². The number of hydrogen-bond acceptors (Lipinski definition) is 1. The number of allylic oxidation sites excluding steroid dienone is 2. The van der Waals surface area contributed by atoms with E-state index in [2.05, 4.69) is 6.58 Å². The molecule has 0 bridgehead atoms. The molecule has 0 heterocycles. The fourth-order valence-electron chi connectivity index (χ4n) is 0.991. The maximum atomic E-state index is 8.82. The summed E-state index contributed by atoms with van der Waals surface area (Å²) in [5.74, 6) is 0. The minimum Gasteiger partial charge on any atom is -0.515 e. The molecule has 0 aliphatic carbocycles. The van der Waals surface area contributed by atoms with Gasteiger partial charge in [0.1, 0.15) is 0 Å². The third-order valence-corrected chi connectivity index (χ3v) is 1.74. The van der Waals surface area contributed by atoms with Crippen molar-refractivity contribution in [1.82, 2.24) is 0 Å². The summed E-state index contributed by atoms with van der Waals surface area (Å²) >= 11 is 0. The molecule has 1 N–H and O–H groups in total. The molecule has 0 amide bonds. The van der Waals surface area contributed by atoms with Crippen molar-refractivity contribution in [1.29, 1.82) is 0 Å². The van der Waals surface area contributed by atoms with Gasteiger partial charge in [0, 0.05) is 5.57 Å². The zero-order valence-corrected chi connectivity index (χ0v) is 7.12. The average Bonchev–Trinajstić information content (AvgIpc) is 2.10. The molecule has 1 nitrogen and oxygen atoms in total. The SMILES string of the molecule is C=C/C(=C\O)c1ccc(C)cc1. The molecule has 0 aromatic heterocycles. The lowest BCUT2D eigenvalue weighted by atomic mass is 10.1. The Hall–Kier alpha value is -1.50. The zero-order chi connectivity index (χ0) is 8.97. The topological polar surface area (TPSA) is 20.2 Å². The first-order valence-corrected chi connectivity index (χ1v) is 3.82. The summed E-state index contributed by atoms with van der Waals surface area (Å²) in [4.78, 5) is 0. The average molecular weight is 160 g/mol. The van der Waals surface area contributed by atoms with E-state index in [-0.39, 0.29) is 0 Å². The molecule has 0 atom stereocenters.